The topological polar surface area (TPSA) is 58.2 Å². The zero-order valence-corrected chi connectivity index (χ0v) is 14.9. The fraction of sp³-hybridized carbons (Fsp3) is 0.238. The molecule has 130 valence electrons. The minimum absolute atomic E-state index is 0.0387. The smallest absolute Gasteiger partial charge is 0.248 e. The van der Waals surface area contributed by atoms with Gasteiger partial charge in [-0.15, -0.1) is 0 Å². The van der Waals surface area contributed by atoms with Gasteiger partial charge in [0.1, 0.15) is 0 Å². The number of benzene rings is 2. The quantitative estimate of drug-likeness (QED) is 0.744. The highest BCUT2D eigenvalue weighted by molar-refractivity contribution is 6.02. The van der Waals surface area contributed by atoms with Crippen molar-refractivity contribution in [3.63, 3.8) is 0 Å². The van der Waals surface area contributed by atoms with E-state index >= 15 is 0 Å². The molecule has 0 aliphatic rings. The Labute approximate surface area is 149 Å². The molecule has 0 saturated heterocycles. The molecule has 0 atom stereocenters. The van der Waals surface area contributed by atoms with E-state index in [2.05, 4.69) is 36.6 Å². The number of anilines is 2. The molecule has 0 bridgehead atoms. The molecule has 2 aromatic carbocycles. The highest BCUT2D eigenvalue weighted by atomic mass is 16.2. The summed E-state index contributed by atoms with van der Waals surface area (Å²) in [5.74, 6) is 0.257. The van der Waals surface area contributed by atoms with Gasteiger partial charge >= 0.3 is 0 Å². The van der Waals surface area contributed by atoms with Crippen LogP contribution < -0.4 is 10.6 Å². The van der Waals surface area contributed by atoms with Gasteiger partial charge < -0.3 is 10.6 Å². The van der Waals surface area contributed by atoms with Crippen LogP contribution in [-0.4, -0.2) is 11.8 Å². The minimum atomic E-state index is -0.196. The summed E-state index contributed by atoms with van der Waals surface area (Å²) >= 11 is 0. The molecular weight excluding hydrogens is 312 g/mol. The molecule has 25 heavy (non-hydrogen) atoms. The first kappa shape index (κ1) is 18.5. The lowest BCUT2D eigenvalue weighted by molar-refractivity contribution is -0.116. The van der Waals surface area contributed by atoms with Crippen LogP contribution >= 0.6 is 0 Å². The number of carbonyl (C=O) groups excluding carboxylic acids is 2. The molecule has 0 aliphatic heterocycles. The second-order valence-corrected chi connectivity index (χ2v) is 6.12. The van der Waals surface area contributed by atoms with Crippen molar-refractivity contribution in [3.8, 4) is 0 Å². The average Bonchev–Trinajstić information content (AvgIpc) is 2.62. The van der Waals surface area contributed by atoms with E-state index in [-0.39, 0.29) is 11.8 Å². The Morgan fingerprint density at radius 3 is 2.00 bits per heavy atom. The number of hydrogen-bond donors (Lipinski definition) is 2. The summed E-state index contributed by atoms with van der Waals surface area (Å²) in [6.07, 6.45) is 3.73. The molecule has 2 aromatic rings. The summed E-state index contributed by atoms with van der Waals surface area (Å²) in [6, 6.07) is 15.2. The summed E-state index contributed by atoms with van der Waals surface area (Å²) < 4.78 is 0. The maximum absolute atomic E-state index is 12.0. The van der Waals surface area contributed by atoms with E-state index in [0.29, 0.717) is 23.7 Å². The fourth-order valence-corrected chi connectivity index (χ4v) is 2.23. The molecule has 0 aliphatic carbocycles. The summed E-state index contributed by atoms with van der Waals surface area (Å²) in [5, 5.41) is 5.56. The molecule has 2 N–H and O–H groups in total. The van der Waals surface area contributed by atoms with E-state index < -0.39 is 0 Å². The van der Waals surface area contributed by atoms with Gasteiger partial charge in [-0.05, 0) is 47.4 Å². The lowest BCUT2D eigenvalue weighted by Crippen LogP contribution is -2.10. The SMILES string of the molecule is CCC(=O)Nc1ccc(NC(=O)C=Cc2ccc(C(C)C)cc2)cc1. The van der Waals surface area contributed by atoms with Crippen LogP contribution in [0.2, 0.25) is 0 Å². The van der Waals surface area contributed by atoms with Crippen LogP contribution in [0.3, 0.4) is 0 Å². The normalized spacial score (nSPS) is 10.9. The Kier molecular flexibility index (Phi) is 6.52. The second-order valence-electron chi connectivity index (χ2n) is 6.12. The molecule has 0 fully saturated rings. The van der Waals surface area contributed by atoms with Crippen molar-refractivity contribution in [3.05, 3.63) is 65.7 Å². The van der Waals surface area contributed by atoms with E-state index in [0.717, 1.165) is 5.56 Å². The Balaban J connectivity index is 1.92. The molecular formula is C21H24N2O2. The third kappa shape index (κ3) is 5.92. The predicted octanol–water partition coefficient (Wildman–Crippen LogP) is 4.81. The Hall–Kier alpha value is -2.88. The number of amides is 2. The number of hydrogen-bond acceptors (Lipinski definition) is 2. The molecule has 0 spiro atoms. The lowest BCUT2D eigenvalue weighted by Gasteiger charge is -2.06. The maximum atomic E-state index is 12.0. The summed E-state index contributed by atoms with van der Waals surface area (Å²) in [4.78, 5) is 23.3. The predicted molar refractivity (Wildman–Crippen MR) is 104 cm³/mol. The summed E-state index contributed by atoms with van der Waals surface area (Å²) in [7, 11) is 0. The molecule has 4 nitrogen and oxygen atoms in total. The van der Waals surface area contributed by atoms with Gasteiger partial charge in [0.25, 0.3) is 0 Å². The third-order valence-corrected chi connectivity index (χ3v) is 3.79. The Morgan fingerprint density at radius 2 is 1.48 bits per heavy atom. The van der Waals surface area contributed by atoms with Crippen LogP contribution in [0.4, 0.5) is 11.4 Å². The number of rotatable bonds is 6. The molecule has 2 rings (SSSR count). The van der Waals surface area contributed by atoms with E-state index in [1.807, 2.05) is 12.1 Å². The van der Waals surface area contributed by atoms with Gasteiger partial charge in [0.2, 0.25) is 11.8 Å². The van der Waals surface area contributed by atoms with Crippen molar-refractivity contribution in [2.75, 3.05) is 10.6 Å². The highest BCUT2D eigenvalue weighted by Gasteiger charge is 2.01. The van der Waals surface area contributed by atoms with Crippen molar-refractivity contribution in [1.82, 2.24) is 0 Å². The van der Waals surface area contributed by atoms with Crippen molar-refractivity contribution in [2.45, 2.75) is 33.1 Å². The van der Waals surface area contributed by atoms with Crippen molar-refractivity contribution in [1.29, 1.82) is 0 Å². The van der Waals surface area contributed by atoms with Gasteiger partial charge in [-0.25, -0.2) is 0 Å². The number of carbonyl (C=O) groups is 2. The van der Waals surface area contributed by atoms with Crippen LogP contribution in [-0.2, 0) is 9.59 Å². The van der Waals surface area contributed by atoms with Gasteiger partial charge in [-0.3, -0.25) is 9.59 Å². The van der Waals surface area contributed by atoms with Crippen molar-refractivity contribution in [2.24, 2.45) is 0 Å². The lowest BCUT2D eigenvalue weighted by atomic mass is 10.0. The highest BCUT2D eigenvalue weighted by Crippen LogP contribution is 2.16. The molecule has 0 saturated carbocycles. The van der Waals surface area contributed by atoms with Gasteiger partial charge in [-0.1, -0.05) is 45.0 Å². The van der Waals surface area contributed by atoms with Gasteiger partial charge in [0.05, 0.1) is 0 Å². The molecule has 0 aromatic heterocycles. The van der Waals surface area contributed by atoms with Crippen LogP contribution in [0.15, 0.2) is 54.6 Å². The van der Waals surface area contributed by atoms with E-state index in [4.69, 9.17) is 0 Å². The Morgan fingerprint density at radius 1 is 0.920 bits per heavy atom. The van der Waals surface area contributed by atoms with Gasteiger partial charge in [0.15, 0.2) is 0 Å². The van der Waals surface area contributed by atoms with E-state index in [1.54, 1.807) is 37.3 Å². The molecule has 0 radical (unpaired) electrons. The first-order valence-electron chi connectivity index (χ1n) is 8.47. The third-order valence-electron chi connectivity index (χ3n) is 3.79. The summed E-state index contributed by atoms with van der Waals surface area (Å²) in [5.41, 5.74) is 3.65. The molecule has 2 amide bonds. The monoisotopic (exact) mass is 336 g/mol. The maximum Gasteiger partial charge on any atom is 0.248 e. The van der Waals surface area contributed by atoms with Crippen molar-refractivity contribution >= 4 is 29.3 Å². The standard InChI is InChI=1S/C21H24N2O2/c1-4-20(24)22-18-10-12-19(13-11-18)23-21(25)14-7-16-5-8-17(9-6-16)15(2)3/h5-15H,4H2,1-3H3,(H,22,24)(H,23,25). The number of nitrogens with one attached hydrogen (secondary N) is 2. The van der Waals surface area contributed by atoms with Crippen LogP contribution in [0.1, 0.15) is 44.2 Å². The average molecular weight is 336 g/mol. The van der Waals surface area contributed by atoms with Gasteiger partial charge in [-0.2, -0.15) is 0 Å². The Bertz CT molecular complexity index is 744. The molecule has 4 heteroatoms. The largest absolute Gasteiger partial charge is 0.326 e. The first-order valence-corrected chi connectivity index (χ1v) is 8.47. The van der Waals surface area contributed by atoms with Gasteiger partial charge in [0, 0.05) is 23.9 Å². The van der Waals surface area contributed by atoms with Crippen molar-refractivity contribution < 1.29 is 9.59 Å². The van der Waals surface area contributed by atoms with E-state index in [1.165, 1.54) is 11.6 Å². The summed E-state index contributed by atoms with van der Waals surface area (Å²) in [6.45, 7) is 6.10. The fourth-order valence-electron chi connectivity index (χ4n) is 2.23. The van der Waals surface area contributed by atoms with Crippen LogP contribution in [0, 0.1) is 0 Å². The first-order chi connectivity index (χ1) is 12.0. The molecule has 0 heterocycles. The second kappa shape index (κ2) is 8.83. The van der Waals surface area contributed by atoms with Crippen LogP contribution in [0.25, 0.3) is 6.08 Å². The zero-order chi connectivity index (χ0) is 18.2. The zero-order valence-electron chi connectivity index (χ0n) is 14.9. The molecule has 0 unspecified atom stereocenters. The van der Waals surface area contributed by atoms with E-state index in [9.17, 15) is 9.59 Å². The van der Waals surface area contributed by atoms with Crippen LogP contribution in [0.5, 0.6) is 0 Å². The minimum Gasteiger partial charge on any atom is -0.326 e.